The zero-order valence-corrected chi connectivity index (χ0v) is 18.7. The van der Waals surface area contributed by atoms with Gasteiger partial charge in [-0.1, -0.05) is 31.0 Å². The molecule has 6 heteroatoms. The number of benzene rings is 1. The molecule has 2 aliphatic heterocycles. The molecule has 162 valence electrons. The van der Waals surface area contributed by atoms with Crippen LogP contribution in [0.4, 0.5) is 4.39 Å². The van der Waals surface area contributed by atoms with Gasteiger partial charge in [0.05, 0.1) is 4.91 Å². The van der Waals surface area contributed by atoms with Crippen molar-refractivity contribution in [2.45, 2.75) is 82.2 Å². The van der Waals surface area contributed by atoms with Gasteiger partial charge < -0.3 is 9.80 Å². The van der Waals surface area contributed by atoms with Crippen molar-refractivity contribution in [2.24, 2.45) is 0 Å². The Morgan fingerprint density at radius 1 is 1.10 bits per heavy atom. The Balaban J connectivity index is 1.60. The molecule has 4 unspecified atom stereocenters. The minimum Gasteiger partial charge on any atom is -0.336 e. The van der Waals surface area contributed by atoms with Crippen molar-refractivity contribution in [3.63, 3.8) is 0 Å². The van der Waals surface area contributed by atoms with E-state index in [2.05, 4.69) is 13.8 Å². The molecule has 1 aliphatic carbocycles. The largest absolute Gasteiger partial charge is 0.336 e. The molecule has 2 saturated heterocycles. The SMILES string of the molecule is CC1CCCC(C)N1C(=O)CN1C(=O)/C(=C/c2ccccc2F)SC2CCCCC21. The Bertz CT molecular complexity index is 832. The van der Waals surface area contributed by atoms with Crippen molar-refractivity contribution in [1.82, 2.24) is 9.80 Å². The Hall–Kier alpha value is -1.82. The predicted molar refractivity (Wildman–Crippen MR) is 119 cm³/mol. The summed E-state index contributed by atoms with van der Waals surface area (Å²) in [5, 5.41) is 0.276. The number of rotatable bonds is 3. The molecule has 4 nitrogen and oxygen atoms in total. The number of carbonyl (C=O) groups is 2. The fourth-order valence-corrected chi connectivity index (χ4v) is 6.70. The van der Waals surface area contributed by atoms with E-state index in [9.17, 15) is 14.0 Å². The average molecular weight is 431 g/mol. The molecule has 0 bridgehead atoms. The van der Waals surface area contributed by atoms with Crippen LogP contribution in [0.1, 0.15) is 64.4 Å². The monoisotopic (exact) mass is 430 g/mol. The molecule has 1 aromatic rings. The molecule has 4 rings (SSSR count). The fourth-order valence-electron chi connectivity index (χ4n) is 5.24. The molecule has 30 heavy (non-hydrogen) atoms. The van der Waals surface area contributed by atoms with Crippen molar-refractivity contribution in [2.75, 3.05) is 6.54 Å². The lowest BCUT2D eigenvalue weighted by Gasteiger charge is -2.46. The molecular formula is C24H31FN2O2S. The zero-order chi connectivity index (χ0) is 21.3. The summed E-state index contributed by atoms with van der Waals surface area (Å²) in [4.78, 5) is 31.0. The number of nitrogens with zero attached hydrogens (tertiary/aromatic N) is 2. The third kappa shape index (κ3) is 4.29. The van der Waals surface area contributed by atoms with E-state index in [1.54, 1.807) is 40.9 Å². The van der Waals surface area contributed by atoms with Crippen molar-refractivity contribution >= 4 is 29.7 Å². The third-order valence-corrected chi connectivity index (χ3v) is 8.20. The number of carbonyl (C=O) groups excluding carboxylic acids is 2. The van der Waals surface area contributed by atoms with Crippen molar-refractivity contribution < 1.29 is 14.0 Å². The van der Waals surface area contributed by atoms with Gasteiger partial charge in [0, 0.05) is 28.9 Å². The number of amides is 2. The summed E-state index contributed by atoms with van der Waals surface area (Å²) < 4.78 is 14.2. The van der Waals surface area contributed by atoms with E-state index >= 15 is 0 Å². The lowest BCUT2D eigenvalue weighted by atomic mass is 9.92. The Morgan fingerprint density at radius 2 is 1.80 bits per heavy atom. The van der Waals surface area contributed by atoms with Crippen LogP contribution in [-0.2, 0) is 9.59 Å². The molecule has 0 aromatic heterocycles. The summed E-state index contributed by atoms with van der Waals surface area (Å²) in [6, 6.07) is 7.04. The van der Waals surface area contributed by atoms with Crippen molar-refractivity contribution in [1.29, 1.82) is 0 Å². The van der Waals surface area contributed by atoms with Crippen LogP contribution in [0.15, 0.2) is 29.2 Å². The first-order chi connectivity index (χ1) is 14.5. The first-order valence-electron chi connectivity index (χ1n) is 11.2. The number of piperidine rings is 1. The fraction of sp³-hybridized carbons (Fsp3) is 0.583. The van der Waals surface area contributed by atoms with Gasteiger partial charge in [0.2, 0.25) is 5.91 Å². The summed E-state index contributed by atoms with van der Waals surface area (Å²) in [6.45, 7) is 4.34. The number of likely N-dealkylation sites (tertiary alicyclic amines) is 1. The number of halogens is 1. The normalized spacial score (nSPS) is 31.0. The van der Waals surface area contributed by atoms with Gasteiger partial charge in [0.25, 0.3) is 5.91 Å². The summed E-state index contributed by atoms with van der Waals surface area (Å²) in [6.07, 6.45) is 9.03. The van der Waals surface area contributed by atoms with Crippen LogP contribution < -0.4 is 0 Å². The van der Waals surface area contributed by atoms with Crippen LogP contribution in [0, 0.1) is 5.82 Å². The lowest BCUT2D eigenvalue weighted by Crippen LogP contribution is -2.57. The van der Waals surface area contributed by atoms with E-state index in [1.807, 2.05) is 4.90 Å². The van der Waals surface area contributed by atoms with E-state index in [1.165, 1.54) is 6.07 Å². The highest BCUT2D eigenvalue weighted by Crippen LogP contribution is 2.42. The zero-order valence-electron chi connectivity index (χ0n) is 17.9. The molecule has 4 atom stereocenters. The molecule has 0 radical (unpaired) electrons. The van der Waals surface area contributed by atoms with Crippen LogP contribution in [0.3, 0.4) is 0 Å². The highest BCUT2D eigenvalue weighted by atomic mass is 32.2. The molecule has 2 heterocycles. The maximum atomic E-state index is 14.2. The Morgan fingerprint density at radius 3 is 2.53 bits per heavy atom. The van der Waals surface area contributed by atoms with Crippen LogP contribution in [0.5, 0.6) is 0 Å². The Labute approximate surface area is 182 Å². The van der Waals surface area contributed by atoms with Gasteiger partial charge in [0.15, 0.2) is 0 Å². The minimum atomic E-state index is -0.331. The molecule has 3 fully saturated rings. The van der Waals surface area contributed by atoms with E-state index in [-0.39, 0.29) is 47.6 Å². The van der Waals surface area contributed by atoms with Gasteiger partial charge in [-0.15, -0.1) is 11.8 Å². The lowest BCUT2D eigenvalue weighted by molar-refractivity contribution is -0.144. The molecule has 0 spiro atoms. The van der Waals surface area contributed by atoms with Gasteiger partial charge in [0.1, 0.15) is 12.4 Å². The molecule has 1 aromatic carbocycles. The Kier molecular flexibility index (Phi) is 6.51. The van der Waals surface area contributed by atoms with Crippen LogP contribution >= 0.6 is 11.8 Å². The quantitative estimate of drug-likeness (QED) is 0.644. The van der Waals surface area contributed by atoms with E-state index in [4.69, 9.17) is 0 Å². The number of hydrogen-bond donors (Lipinski definition) is 0. The summed E-state index contributed by atoms with van der Waals surface area (Å²) in [5.41, 5.74) is 0.423. The highest BCUT2D eigenvalue weighted by Gasteiger charge is 2.42. The van der Waals surface area contributed by atoms with Gasteiger partial charge >= 0.3 is 0 Å². The topological polar surface area (TPSA) is 40.6 Å². The second-order valence-electron chi connectivity index (χ2n) is 8.90. The van der Waals surface area contributed by atoms with Gasteiger partial charge in [-0.2, -0.15) is 0 Å². The second kappa shape index (κ2) is 9.13. The number of hydrogen-bond acceptors (Lipinski definition) is 3. The van der Waals surface area contributed by atoms with Gasteiger partial charge in [-0.3, -0.25) is 9.59 Å². The van der Waals surface area contributed by atoms with Crippen LogP contribution in [0.2, 0.25) is 0 Å². The molecule has 3 aliphatic rings. The van der Waals surface area contributed by atoms with Crippen molar-refractivity contribution in [3.05, 3.63) is 40.6 Å². The highest BCUT2D eigenvalue weighted by molar-refractivity contribution is 8.04. The second-order valence-corrected chi connectivity index (χ2v) is 10.2. The third-order valence-electron chi connectivity index (χ3n) is 6.80. The van der Waals surface area contributed by atoms with E-state index < -0.39 is 0 Å². The smallest absolute Gasteiger partial charge is 0.261 e. The van der Waals surface area contributed by atoms with E-state index in [0.717, 1.165) is 44.9 Å². The maximum Gasteiger partial charge on any atom is 0.261 e. The van der Waals surface area contributed by atoms with E-state index in [0.29, 0.717) is 10.5 Å². The average Bonchev–Trinajstić information content (AvgIpc) is 2.72. The summed E-state index contributed by atoms with van der Waals surface area (Å²) in [5.74, 6) is -0.413. The molecule has 2 amide bonds. The van der Waals surface area contributed by atoms with Crippen LogP contribution in [0.25, 0.3) is 6.08 Å². The first-order valence-corrected chi connectivity index (χ1v) is 12.1. The maximum absolute atomic E-state index is 14.2. The minimum absolute atomic E-state index is 0.0458. The standard InChI is InChI=1S/C24H31FN2O2S/c1-16-8-7-9-17(2)27(16)23(28)15-26-20-12-5-6-13-21(20)30-22(24(26)29)14-18-10-3-4-11-19(18)25/h3-4,10-11,14,16-17,20-21H,5-9,12-13,15H2,1-2H3/b22-14-. The van der Waals surface area contributed by atoms with Gasteiger partial charge in [-0.05, 0) is 58.1 Å². The molecular weight excluding hydrogens is 399 g/mol. The summed E-state index contributed by atoms with van der Waals surface area (Å²) in [7, 11) is 0. The molecule has 0 N–H and O–H groups in total. The predicted octanol–water partition coefficient (Wildman–Crippen LogP) is 4.84. The number of thioether (sulfide) groups is 1. The summed E-state index contributed by atoms with van der Waals surface area (Å²) >= 11 is 1.57. The van der Waals surface area contributed by atoms with Crippen LogP contribution in [-0.4, -0.2) is 51.5 Å². The van der Waals surface area contributed by atoms with Gasteiger partial charge in [-0.25, -0.2) is 4.39 Å². The number of fused-ring (bicyclic) bond motifs is 1. The molecule has 1 saturated carbocycles. The first kappa shape index (κ1) is 21.4. The van der Waals surface area contributed by atoms with Crippen molar-refractivity contribution in [3.8, 4) is 0 Å².